The van der Waals surface area contributed by atoms with Gasteiger partial charge in [0.2, 0.25) is 0 Å². The number of piperidine rings is 1. The predicted molar refractivity (Wildman–Crippen MR) is 61.4 cm³/mol. The van der Waals surface area contributed by atoms with E-state index in [4.69, 9.17) is 5.73 Å². The lowest BCUT2D eigenvalue weighted by Gasteiger charge is -2.42. The van der Waals surface area contributed by atoms with Crippen LogP contribution < -0.4 is 5.73 Å². The number of fused-ring (bicyclic) bond motifs is 1. The molecular weight excluding hydrogens is 192 g/mol. The Labute approximate surface area is 90.6 Å². The fourth-order valence-electron chi connectivity index (χ4n) is 3.26. The summed E-state index contributed by atoms with van der Waals surface area (Å²) in [6, 6.07) is 0. The highest BCUT2D eigenvalue weighted by Gasteiger charge is 2.53. The van der Waals surface area contributed by atoms with Crippen molar-refractivity contribution in [2.24, 2.45) is 23.5 Å². The average Bonchev–Trinajstić information content (AvgIpc) is 2.64. The lowest BCUT2D eigenvalue weighted by Crippen LogP contribution is -2.57. The van der Waals surface area contributed by atoms with Crippen molar-refractivity contribution in [1.29, 1.82) is 0 Å². The number of nitrogens with zero attached hydrogens (tertiary/aromatic N) is 1. The van der Waals surface area contributed by atoms with Gasteiger partial charge in [0.15, 0.2) is 0 Å². The molecule has 0 spiro atoms. The molecule has 2 heterocycles. The Hall–Kier alpha value is 0.270. The van der Waals surface area contributed by atoms with E-state index in [1.807, 2.05) is 0 Å². The first kappa shape index (κ1) is 9.49. The topological polar surface area (TPSA) is 29.3 Å². The molecule has 3 rings (SSSR count). The first-order valence-electron chi connectivity index (χ1n) is 5.79. The number of nitrogens with two attached hydrogens (primary N) is 1. The average molecular weight is 212 g/mol. The van der Waals surface area contributed by atoms with Gasteiger partial charge in [0.05, 0.1) is 0 Å². The zero-order chi connectivity index (χ0) is 9.76. The summed E-state index contributed by atoms with van der Waals surface area (Å²) in [6.07, 6.45) is 1.50. The van der Waals surface area contributed by atoms with Crippen LogP contribution in [0.2, 0.25) is 0 Å². The van der Waals surface area contributed by atoms with Gasteiger partial charge >= 0.3 is 0 Å². The van der Waals surface area contributed by atoms with E-state index in [1.54, 1.807) is 0 Å². The van der Waals surface area contributed by atoms with Crippen LogP contribution in [0.15, 0.2) is 0 Å². The molecule has 0 amide bonds. The van der Waals surface area contributed by atoms with Crippen LogP contribution in [0.25, 0.3) is 0 Å². The minimum Gasteiger partial charge on any atom is -0.329 e. The van der Waals surface area contributed by atoms with Crippen LogP contribution in [-0.4, -0.2) is 41.6 Å². The quantitative estimate of drug-likeness (QED) is 0.741. The Morgan fingerprint density at radius 2 is 2.14 bits per heavy atom. The van der Waals surface area contributed by atoms with Gasteiger partial charge < -0.3 is 5.73 Å². The molecule has 2 N–H and O–H groups in total. The maximum Gasteiger partial charge on any atom is 0.0455 e. The van der Waals surface area contributed by atoms with Gasteiger partial charge in [-0.3, -0.25) is 4.90 Å². The predicted octanol–water partition coefficient (Wildman–Crippen LogP) is 1.02. The van der Waals surface area contributed by atoms with Crippen molar-refractivity contribution >= 4 is 11.8 Å². The zero-order valence-corrected chi connectivity index (χ0v) is 9.72. The van der Waals surface area contributed by atoms with Crippen molar-refractivity contribution in [2.75, 3.05) is 31.1 Å². The fourth-order valence-corrected chi connectivity index (χ4v) is 4.98. The third-order valence-corrected chi connectivity index (χ3v) is 6.04. The van der Waals surface area contributed by atoms with Gasteiger partial charge in [0.1, 0.15) is 0 Å². The summed E-state index contributed by atoms with van der Waals surface area (Å²) in [5.74, 6) is 5.44. The molecule has 2 aliphatic heterocycles. The van der Waals surface area contributed by atoms with Gasteiger partial charge in [-0.05, 0) is 29.9 Å². The normalized spacial score (nSPS) is 52.3. The van der Waals surface area contributed by atoms with Gasteiger partial charge in [-0.15, -0.1) is 0 Å². The molecule has 1 saturated carbocycles. The van der Waals surface area contributed by atoms with E-state index < -0.39 is 0 Å². The maximum atomic E-state index is 6.04. The molecule has 80 valence electrons. The molecular formula is C11H20N2S. The van der Waals surface area contributed by atoms with Crippen molar-refractivity contribution in [3.63, 3.8) is 0 Å². The third kappa shape index (κ3) is 1.18. The van der Waals surface area contributed by atoms with Crippen LogP contribution in [0.3, 0.4) is 0 Å². The number of thioether (sulfide) groups is 1. The third-order valence-electron chi connectivity index (χ3n) is 4.60. The second-order valence-electron chi connectivity index (χ2n) is 5.38. The molecule has 2 nitrogen and oxygen atoms in total. The smallest absolute Gasteiger partial charge is 0.0455 e. The molecule has 3 fully saturated rings. The maximum absolute atomic E-state index is 6.04. The molecule has 4 atom stereocenters. The van der Waals surface area contributed by atoms with Gasteiger partial charge in [0.25, 0.3) is 0 Å². The largest absolute Gasteiger partial charge is 0.329 e. The number of hydrogen-bond donors (Lipinski definition) is 1. The second kappa shape index (κ2) is 3.13. The van der Waals surface area contributed by atoms with E-state index in [1.165, 1.54) is 31.0 Å². The molecule has 4 unspecified atom stereocenters. The Morgan fingerprint density at radius 1 is 1.43 bits per heavy atom. The summed E-state index contributed by atoms with van der Waals surface area (Å²) in [7, 11) is 0. The summed E-state index contributed by atoms with van der Waals surface area (Å²) < 4.78 is 0. The number of rotatable bonds is 2. The van der Waals surface area contributed by atoms with Crippen LogP contribution >= 0.6 is 11.8 Å². The highest BCUT2D eigenvalue weighted by molar-refractivity contribution is 7.99. The standard InChI is InChI=1S/C11H20N2S/c1-8-5-14-7-11(8,6-12)13-3-9-2-10(9)4-13/h8-10H,2-7,12H2,1H3. The lowest BCUT2D eigenvalue weighted by molar-refractivity contribution is 0.0939. The number of hydrogen-bond acceptors (Lipinski definition) is 3. The minimum absolute atomic E-state index is 0.359. The van der Waals surface area contributed by atoms with E-state index in [0.29, 0.717) is 5.54 Å². The Bertz CT molecular complexity index is 235. The van der Waals surface area contributed by atoms with E-state index in [2.05, 4.69) is 23.6 Å². The Kier molecular flexibility index (Phi) is 2.12. The van der Waals surface area contributed by atoms with Gasteiger partial charge in [-0.2, -0.15) is 11.8 Å². The van der Waals surface area contributed by atoms with E-state index in [0.717, 1.165) is 24.3 Å². The Balaban J connectivity index is 1.78. The molecule has 0 bridgehead atoms. The van der Waals surface area contributed by atoms with Crippen LogP contribution in [0.1, 0.15) is 13.3 Å². The summed E-state index contributed by atoms with van der Waals surface area (Å²) in [6.45, 7) is 5.93. The van der Waals surface area contributed by atoms with Crippen molar-refractivity contribution in [3.8, 4) is 0 Å². The molecule has 14 heavy (non-hydrogen) atoms. The molecule has 3 aliphatic rings. The molecule has 3 heteroatoms. The number of likely N-dealkylation sites (tertiary alicyclic amines) is 1. The second-order valence-corrected chi connectivity index (χ2v) is 6.41. The van der Waals surface area contributed by atoms with Crippen LogP contribution in [0, 0.1) is 17.8 Å². The summed E-state index contributed by atoms with van der Waals surface area (Å²) in [4.78, 5) is 2.72. The summed E-state index contributed by atoms with van der Waals surface area (Å²) >= 11 is 2.09. The molecule has 0 aromatic carbocycles. The molecule has 0 aromatic heterocycles. The lowest BCUT2D eigenvalue weighted by atomic mass is 9.86. The summed E-state index contributed by atoms with van der Waals surface area (Å²) in [5.41, 5.74) is 6.40. The van der Waals surface area contributed by atoms with Crippen LogP contribution in [-0.2, 0) is 0 Å². The molecule has 1 aliphatic carbocycles. The first-order chi connectivity index (χ1) is 6.76. The van der Waals surface area contributed by atoms with Gasteiger partial charge in [-0.1, -0.05) is 6.92 Å². The minimum atomic E-state index is 0.359. The van der Waals surface area contributed by atoms with Crippen LogP contribution in [0.4, 0.5) is 0 Å². The van der Waals surface area contributed by atoms with Gasteiger partial charge in [0, 0.05) is 30.9 Å². The fraction of sp³-hybridized carbons (Fsp3) is 1.00. The van der Waals surface area contributed by atoms with Crippen molar-refractivity contribution < 1.29 is 0 Å². The first-order valence-corrected chi connectivity index (χ1v) is 6.94. The molecule has 0 aromatic rings. The highest BCUT2D eigenvalue weighted by atomic mass is 32.2. The van der Waals surface area contributed by atoms with Crippen molar-refractivity contribution in [1.82, 2.24) is 4.90 Å². The zero-order valence-electron chi connectivity index (χ0n) is 8.91. The van der Waals surface area contributed by atoms with E-state index in [9.17, 15) is 0 Å². The monoisotopic (exact) mass is 212 g/mol. The SMILES string of the molecule is CC1CSCC1(CN)N1CC2CC2C1. The Morgan fingerprint density at radius 3 is 2.64 bits per heavy atom. The van der Waals surface area contributed by atoms with Crippen LogP contribution in [0.5, 0.6) is 0 Å². The molecule has 2 saturated heterocycles. The summed E-state index contributed by atoms with van der Waals surface area (Å²) in [5, 5.41) is 0. The van der Waals surface area contributed by atoms with Gasteiger partial charge in [-0.25, -0.2) is 0 Å². The highest BCUT2D eigenvalue weighted by Crippen LogP contribution is 2.50. The van der Waals surface area contributed by atoms with Crippen molar-refractivity contribution in [2.45, 2.75) is 18.9 Å². The van der Waals surface area contributed by atoms with Crippen molar-refractivity contribution in [3.05, 3.63) is 0 Å². The molecule has 0 radical (unpaired) electrons. The van der Waals surface area contributed by atoms with E-state index in [-0.39, 0.29) is 0 Å². The van der Waals surface area contributed by atoms with E-state index >= 15 is 0 Å².